The van der Waals surface area contributed by atoms with Crippen LogP contribution in [0.1, 0.15) is 11.1 Å². The van der Waals surface area contributed by atoms with E-state index in [9.17, 15) is 5.11 Å². The molecule has 0 amide bonds. The van der Waals surface area contributed by atoms with Crippen molar-refractivity contribution in [1.29, 1.82) is 0 Å². The van der Waals surface area contributed by atoms with Crippen LogP contribution in [0.3, 0.4) is 0 Å². The molecule has 0 atom stereocenters. The zero-order valence-electron chi connectivity index (χ0n) is 10.3. The summed E-state index contributed by atoms with van der Waals surface area (Å²) in [6, 6.07) is 16.0. The molecule has 2 nitrogen and oxygen atoms in total. The summed E-state index contributed by atoms with van der Waals surface area (Å²) < 4.78 is 2.22. The van der Waals surface area contributed by atoms with Crippen molar-refractivity contribution in [3.63, 3.8) is 0 Å². The third-order valence-corrected chi connectivity index (χ3v) is 3.22. The molecule has 0 aliphatic heterocycles. The minimum Gasteiger partial charge on any atom is -0.508 e. The van der Waals surface area contributed by atoms with E-state index in [1.165, 1.54) is 22.0 Å². The van der Waals surface area contributed by atoms with Crippen LogP contribution in [0, 0.1) is 6.92 Å². The van der Waals surface area contributed by atoms with Crippen LogP contribution >= 0.6 is 0 Å². The second-order valence-electron chi connectivity index (χ2n) is 4.67. The SMILES string of the molecule is Cc1ccc2c(ccn2Cc2ccc(O)cc2)c1. The monoisotopic (exact) mass is 237 g/mol. The van der Waals surface area contributed by atoms with E-state index in [1.807, 2.05) is 12.1 Å². The second kappa shape index (κ2) is 4.22. The summed E-state index contributed by atoms with van der Waals surface area (Å²) in [4.78, 5) is 0. The van der Waals surface area contributed by atoms with Gasteiger partial charge >= 0.3 is 0 Å². The zero-order valence-corrected chi connectivity index (χ0v) is 10.3. The molecule has 1 N–H and O–H groups in total. The number of fused-ring (bicyclic) bond motifs is 1. The lowest BCUT2D eigenvalue weighted by molar-refractivity contribution is 0.475. The molecule has 2 heteroatoms. The van der Waals surface area contributed by atoms with E-state index in [4.69, 9.17) is 0 Å². The molecular weight excluding hydrogens is 222 g/mol. The standard InChI is InChI=1S/C16H15NO/c1-12-2-7-16-14(10-12)8-9-17(16)11-13-3-5-15(18)6-4-13/h2-10,18H,11H2,1H3. The van der Waals surface area contributed by atoms with Crippen LogP contribution in [0.4, 0.5) is 0 Å². The smallest absolute Gasteiger partial charge is 0.115 e. The number of hydrogen-bond acceptors (Lipinski definition) is 1. The van der Waals surface area contributed by atoms with Crippen molar-refractivity contribution in [2.75, 3.05) is 0 Å². The first-order valence-corrected chi connectivity index (χ1v) is 6.06. The Morgan fingerprint density at radius 3 is 2.56 bits per heavy atom. The minimum absolute atomic E-state index is 0.312. The summed E-state index contributed by atoms with van der Waals surface area (Å²) in [6.07, 6.45) is 2.11. The fraction of sp³-hybridized carbons (Fsp3) is 0.125. The van der Waals surface area contributed by atoms with E-state index >= 15 is 0 Å². The molecular formula is C16H15NO. The third kappa shape index (κ3) is 1.97. The number of hydrogen-bond donors (Lipinski definition) is 1. The molecule has 2 aromatic carbocycles. The van der Waals surface area contributed by atoms with Crippen molar-refractivity contribution in [3.05, 3.63) is 65.9 Å². The van der Waals surface area contributed by atoms with E-state index in [-0.39, 0.29) is 0 Å². The number of aromatic hydroxyl groups is 1. The van der Waals surface area contributed by atoms with Crippen LogP contribution < -0.4 is 0 Å². The maximum atomic E-state index is 9.28. The van der Waals surface area contributed by atoms with Crippen molar-refractivity contribution in [1.82, 2.24) is 4.57 Å². The largest absolute Gasteiger partial charge is 0.508 e. The van der Waals surface area contributed by atoms with Gasteiger partial charge in [-0.2, -0.15) is 0 Å². The Labute approximate surface area is 106 Å². The van der Waals surface area contributed by atoms with Gasteiger partial charge in [-0.15, -0.1) is 0 Å². The summed E-state index contributed by atoms with van der Waals surface area (Å²) >= 11 is 0. The first kappa shape index (κ1) is 10.9. The van der Waals surface area contributed by atoms with Crippen LogP contribution in [0.2, 0.25) is 0 Å². The number of rotatable bonds is 2. The van der Waals surface area contributed by atoms with Crippen LogP contribution in [0.25, 0.3) is 10.9 Å². The fourth-order valence-corrected chi connectivity index (χ4v) is 2.26. The molecule has 0 saturated carbocycles. The van der Waals surface area contributed by atoms with Gasteiger partial charge in [0.1, 0.15) is 5.75 Å². The van der Waals surface area contributed by atoms with Gasteiger partial charge in [0, 0.05) is 18.3 Å². The molecule has 0 aliphatic rings. The lowest BCUT2D eigenvalue weighted by atomic mass is 10.2. The lowest BCUT2D eigenvalue weighted by Gasteiger charge is -2.06. The lowest BCUT2D eigenvalue weighted by Crippen LogP contribution is -1.97. The number of aromatic nitrogens is 1. The Kier molecular flexibility index (Phi) is 2.56. The van der Waals surface area contributed by atoms with Gasteiger partial charge in [0.05, 0.1) is 0 Å². The molecule has 0 saturated heterocycles. The maximum absolute atomic E-state index is 9.28. The minimum atomic E-state index is 0.312. The number of benzene rings is 2. The fourth-order valence-electron chi connectivity index (χ4n) is 2.26. The van der Waals surface area contributed by atoms with Crippen molar-refractivity contribution >= 4 is 10.9 Å². The van der Waals surface area contributed by atoms with Crippen LogP contribution in [-0.4, -0.2) is 9.67 Å². The van der Waals surface area contributed by atoms with Crippen molar-refractivity contribution in [2.45, 2.75) is 13.5 Å². The summed E-state index contributed by atoms with van der Waals surface area (Å²) in [5, 5.41) is 10.6. The first-order valence-electron chi connectivity index (χ1n) is 6.06. The van der Waals surface area contributed by atoms with Crippen LogP contribution in [-0.2, 0) is 6.54 Å². The quantitative estimate of drug-likeness (QED) is 0.722. The van der Waals surface area contributed by atoms with Crippen molar-refractivity contribution in [2.24, 2.45) is 0 Å². The molecule has 0 radical (unpaired) electrons. The molecule has 0 spiro atoms. The Morgan fingerprint density at radius 1 is 1.00 bits per heavy atom. The predicted molar refractivity (Wildman–Crippen MR) is 73.9 cm³/mol. The molecule has 1 aromatic heterocycles. The third-order valence-electron chi connectivity index (χ3n) is 3.22. The molecule has 3 rings (SSSR count). The van der Waals surface area contributed by atoms with Gasteiger partial charge in [-0.1, -0.05) is 23.8 Å². The van der Waals surface area contributed by atoms with Gasteiger partial charge in [0.25, 0.3) is 0 Å². The Morgan fingerprint density at radius 2 is 1.78 bits per heavy atom. The van der Waals surface area contributed by atoms with E-state index in [0.29, 0.717) is 5.75 Å². The maximum Gasteiger partial charge on any atom is 0.115 e. The molecule has 0 unspecified atom stereocenters. The molecule has 3 aromatic rings. The highest BCUT2D eigenvalue weighted by Gasteiger charge is 2.02. The summed E-state index contributed by atoms with van der Waals surface area (Å²) in [7, 11) is 0. The number of phenolic OH excluding ortho intramolecular Hbond substituents is 1. The predicted octanol–water partition coefficient (Wildman–Crippen LogP) is 3.70. The zero-order chi connectivity index (χ0) is 12.5. The van der Waals surface area contributed by atoms with Gasteiger partial charge in [0.15, 0.2) is 0 Å². The topological polar surface area (TPSA) is 25.2 Å². The normalized spacial score (nSPS) is 10.9. The Balaban J connectivity index is 1.97. The van der Waals surface area contributed by atoms with Gasteiger partial charge in [-0.25, -0.2) is 0 Å². The number of aryl methyl sites for hydroxylation is 1. The molecule has 0 fully saturated rings. The average molecular weight is 237 g/mol. The number of phenols is 1. The van der Waals surface area contributed by atoms with E-state index in [2.05, 4.69) is 42.0 Å². The van der Waals surface area contributed by atoms with Gasteiger partial charge in [-0.05, 0) is 48.2 Å². The highest BCUT2D eigenvalue weighted by Crippen LogP contribution is 2.19. The summed E-state index contributed by atoms with van der Waals surface area (Å²) in [5.74, 6) is 0.312. The van der Waals surface area contributed by atoms with Gasteiger partial charge < -0.3 is 9.67 Å². The highest BCUT2D eigenvalue weighted by molar-refractivity contribution is 5.80. The van der Waals surface area contributed by atoms with E-state index < -0.39 is 0 Å². The van der Waals surface area contributed by atoms with Crippen LogP contribution in [0.15, 0.2) is 54.7 Å². The average Bonchev–Trinajstić information content (AvgIpc) is 2.74. The molecule has 90 valence electrons. The number of nitrogens with zero attached hydrogens (tertiary/aromatic N) is 1. The Bertz CT molecular complexity index is 680. The van der Waals surface area contributed by atoms with Gasteiger partial charge in [0.2, 0.25) is 0 Å². The first-order chi connectivity index (χ1) is 8.72. The summed E-state index contributed by atoms with van der Waals surface area (Å²) in [5.41, 5.74) is 3.71. The molecule has 1 heterocycles. The van der Waals surface area contributed by atoms with E-state index in [0.717, 1.165) is 6.54 Å². The summed E-state index contributed by atoms with van der Waals surface area (Å²) in [6.45, 7) is 2.93. The van der Waals surface area contributed by atoms with Crippen molar-refractivity contribution in [3.8, 4) is 5.75 Å². The van der Waals surface area contributed by atoms with Crippen LogP contribution in [0.5, 0.6) is 5.75 Å². The molecule has 18 heavy (non-hydrogen) atoms. The van der Waals surface area contributed by atoms with Gasteiger partial charge in [-0.3, -0.25) is 0 Å². The molecule has 0 bridgehead atoms. The molecule has 0 aliphatic carbocycles. The Hall–Kier alpha value is -2.22. The van der Waals surface area contributed by atoms with E-state index in [1.54, 1.807) is 12.1 Å². The highest BCUT2D eigenvalue weighted by atomic mass is 16.3. The second-order valence-corrected chi connectivity index (χ2v) is 4.67. The van der Waals surface area contributed by atoms with Crippen molar-refractivity contribution < 1.29 is 5.11 Å².